The summed E-state index contributed by atoms with van der Waals surface area (Å²) in [4.78, 5) is 12.1. The van der Waals surface area contributed by atoms with E-state index in [0.29, 0.717) is 24.3 Å². The quantitative estimate of drug-likeness (QED) is 0.188. The van der Waals surface area contributed by atoms with Gasteiger partial charge in [0.25, 0.3) is 0 Å². The predicted molar refractivity (Wildman–Crippen MR) is 162 cm³/mol. The third-order valence-corrected chi connectivity index (χ3v) is 7.23. The van der Waals surface area contributed by atoms with Gasteiger partial charge in [0.2, 0.25) is 0 Å². The monoisotopic (exact) mass is 539 g/mol. The van der Waals surface area contributed by atoms with Crippen molar-refractivity contribution in [3.05, 3.63) is 138 Å². The van der Waals surface area contributed by atoms with Crippen molar-refractivity contribution in [2.45, 2.75) is 13.2 Å². The van der Waals surface area contributed by atoms with Crippen LogP contribution in [0.1, 0.15) is 21.5 Å². The lowest BCUT2D eigenvalue weighted by molar-refractivity contribution is 0.112. The molecule has 0 aliphatic carbocycles. The molecule has 0 bridgehead atoms. The average Bonchev–Trinajstić information content (AvgIpc) is 3.31. The number of aromatic hydroxyl groups is 1. The van der Waals surface area contributed by atoms with Gasteiger partial charge in [0, 0.05) is 29.6 Å². The van der Waals surface area contributed by atoms with Crippen molar-refractivity contribution in [3.8, 4) is 39.6 Å². The molecule has 0 fully saturated rings. The molecule has 0 atom stereocenters. The second kappa shape index (κ2) is 11.4. The normalized spacial score (nSPS) is 11.0. The fourth-order valence-corrected chi connectivity index (χ4v) is 5.17. The van der Waals surface area contributed by atoms with Crippen molar-refractivity contribution in [2.24, 2.45) is 7.05 Å². The number of ether oxygens (including phenoxy) is 2. The lowest BCUT2D eigenvalue weighted by atomic mass is 9.94. The fourth-order valence-electron chi connectivity index (χ4n) is 5.17. The fraction of sp³-hybridized carbons (Fsp3) is 0.0833. The van der Waals surface area contributed by atoms with E-state index in [1.807, 2.05) is 110 Å². The number of rotatable bonds is 9. The Labute approximate surface area is 238 Å². The zero-order chi connectivity index (χ0) is 28.2. The molecule has 41 heavy (non-hydrogen) atoms. The number of carbonyl (C=O) groups excluding carboxylic acids is 1. The van der Waals surface area contributed by atoms with Crippen molar-refractivity contribution in [1.82, 2.24) is 4.57 Å². The van der Waals surface area contributed by atoms with Gasteiger partial charge < -0.3 is 19.1 Å². The Kier molecular flexibility index (Phi) is 7.25. The molecule has 202 valence electrons. The molecule has 6 rings (SSSR count). The summed E-state index contributed by atoms with van der Waals surface area (Å²) in [6.07, 6.45) is 0.829. The standard InChI is InChI=1S/C36H29NO4/c1-37-34-21-31(41-24-26-10-6-3-7-11-26)18-19-32(34)35(33-20-29(39)15-12-28(33)22-38)36(37)27-13-16-30(17-14-27)40-23-25-8-4-2-5-9-25/h2-22,39H,23-24H2,1H3. The third-order valence-electron chi connectivity index (χ3n) is 7.23. The summed E-state index contributed by atoms with van der Waals surface area (Å²) in [5.41, 5.74) is 7.06. The SMILES string of the molecule is Cn1c(-c2ccc(OCc3ccccc3)cc2)c(-c2cc(O)ccc2C=O)c2ccc(OCc3ccccc3)cc21. The van der Waals surface area contributed by atoms with Crippen LogP contribution in [0, 0.1) is 0 Å². The number of fused-ring (bicyclic) bond motifs is 1. The van der Waals surface area contributed by atoms with Crippen LogP contribution >= 0.6 is 0 Å². The molecule has 5 aromatic carbocycles. The van der Waals surface area contributed by atoms with Crippen LogP contribution in [0.2, 0.25) is 0 Å². The maximum absolute atomic E-state index is 12.1. The van der Waals surface area contributed by atoms with Gasteiger partial charge >= 0.3 is 0 Å². The lowest BCUT2D eigenvalue weighted by Gasteiger charge is -2.12. The smallest absolute Gasteiger partial charge is 0.150 e. The second-order valence-electron chi connectivity index (χ2n) is 9.92. The molecule has 0 spiro atoms. The minimum Gasteiger partial charge on any atom is -0.508 e. The number of aldehydes is 1. The largest absolute Gasteiger partial charge is 0.508 e. The molecular weight excluding hydrogens is 510 g/mol. The van der Waals surface area contributed by atoms with Gasteiger partial charge in [0.15, 0.2) is 6.29 Å². The molecule has 1 aromatic heterocycles. The summed E-state index contributed by atoms with van der Waals surface area (Å²) in [7, 11) is 2.01. The summed E-state index contributed by atoms with van der Waals surface area (Å²) in [5.74, 6) is 1.61. The molecule has 6 aromatic rings. The summed E-state index contributed by atoms with van der Waals surface area (Å²) < 4.78 is 14.3. The van der Waals surface area contributed by atoms with Gasteiger partial charge in [-0.2, -0.15) is 0 Å². The van der Waals surface area contributed by atoms with Gasteiger partial charge in [-0.25, -0.2) is 0 Å². The van der Waals surface area contributed by atoms with E-state index in [9.17, 15) is 9.90 Å². The van der Waals surface area contributed by atoms with Gasteiger partial charge in [-0.15, -0.1) is 0 Å². The van der Waals surface area contributed by atoms with E-state index in [-0.39, 0.29) is 5.75 Å². The van der Waals surface area contributed by atoms with E-state index in [4.69, 9.17) is 9.47 Å². The molecule has 0 amide bonds. The number of phenolic OH excluding ortho intramolecular Hbond substituents is 1. The molecule has 1 N–H and O–H groups in total. The first-order chi connectivity index (χ1) is 20.1. The molecule has 5 nitrogen and oxygen atoms in total. The Morgan fingerprint density at radius 2 is 1.32 bits per heavy atom. The predicted octanol–water partition coefficient (Wildman–Crippen LogP) is 8.19. The Bertz CT molecular complexity index is 1810. The molecule has 0 radical (unpaired) electrons. The van der Waals surface area contributed by atoms with E-state index in [2.05, 4.69) is 4.57 Å². The Hall–Kier alpha value is -5.29. The zero-order valence-corrected chi connectivity index (χ0v) is 22.7. The van der Waals surface area contributed by atoms with Crippen LogP contribution in [-0.4, -0.2) is 16.0 Å². The molecule has 0 saturated carbocycles. The van der Waals surface area contributed by atoms with Crippen molar-refractivity contribution in [1.29, 1.82) is 0 Å². The topological polar surface area (TPSA) is 60.7 Å². The Morgan fingerprint density at radius 3 is 1.95 bits per heavy atom. The lowest BCUT2D eigenvalue weighted by Crippen LogP contribution is -1.97. The Balaban J connectivity index is 1.42. The molecule has 1 heterocycles. The average molecular weight is 540 g/mol. The molecule has 0 aliphatic heterocycles. The van der Waals surface area contributed by atoms with Gasteiger partial charge in [-0.05, 0) is 76.9 Å². The first-order valence-electron chi connectivity index (χ1n) is 13.5. The van der Waals surface area contributed by atoms with Gasteiger partial charge in [0.05, 0.1) is 11.2 Å². The van der Waals surface area contributed by atoms with Crippen molar-refractivity contribution >= 4 is 17.2 Å². The first kappa shape index (κ1) is 26.0. The second-order valence-corrected chi connectivity index (χ2v) is 9.92. The molecule has 0 unspecified atom stereocenters. The minimum atomic E-state index is 0.0982. The summed E-state index contributed by atoms with van der Waals surface area (Å²) in [6, 6.07) is 38.9. The third kappa shape index (κ3) is 5.43. The summed E-state index contributed by atoms with van der Waals surface area (Å²) in [6.45, 7) is 0.944. The zero-order valence-electron chi connectivity index (χ0n) is 22.7. The van der Waals surface area contributed by atoms with Crippen LogP contribution in [0.25, 0.3) is 33.3 Å². The summed E-state index contributed by atoms with van der Waals surface area (Å²) >= 11 is 0. The maximum Gasteiger partial charge on any atom is 0.150 e. The number of hydrogen-bond acceptors (Lipinski definition) is 4. The number of nitrogens with zero attached hydrogens (tertiary/aromatic N) is 1. The van der Waals surface area contributed by atoms with Gasteiger partial charge in [-0.1, -0.05) is 60.7 Å². The van der Waals surface area contributed by atoms with Crippen molar-refractivity contribution < 1.29 is 19.4 Å². The number of carbonyl (C=O) groups is 1. The molecule has 0 saturated heterocycles. The van der Waals surface area contributed by atoms with E-state index >= 15 is 0 Å². The van der Waals surface area contributed by atoms with Crippen LogP contribution in [-0.2, 0) is 20.3 Å². The first-order valence-corrected chi connectivity index (χ1v) is 13.5. The van der Waals surface area contributed by atoms with Crippen LogP contribution in [0.4, 0.5) is 0 Å². The highest BCUT2D eigenvalue weighted by molar-refractivity contribution is 6.08. The van der Waals surface area contributed by atoms with E-state index < -0.39 is 0 Å². The van der Waals surface area contributed by atoms with Crippen molar-refractivity contribution in [2.75, 3.05) is 0 Å². The number of benzene rings is 5. The highest BCUT2D eigenvalue weighted by atomic mass is 16.5. The molecule has 0 aliphatic rings. The molecule has 5 heteroatoms. The van der Waals surface area contributed by atoms with Crippen molar-refractivity contribution in [3.63, 3.8) is 0 Å². The van der Waals surface area contributed by atoms with E-state index in [1.54, 1.807) is 12.1 Å². The Morgan fingerprint density at radius 1 is 0.707 bits per heavy atom. The van der Waals surface area contributed by atoms with E-state index in [0.717, 1.165) is 56.6 Å². The number of aryl methyl sites for hydroxylation is 1. The summed E-state index contributed by atoms with van der Waals surface area (Å²) in [5, 5.41) is 11.3. The highest BCUT2D eigenvalue weighted by Gasteiger charge is 2.21. The van der Waals surface area contributed by atoms with Gasteiger partial charge in [-0.3, -0.25) is 4.79 Å². The van der Waals surface area contributed by atoms with Gasteiger partial charge in [0.1, 0.15) is 30.5 Å². The highest BCUT2D eigenvalue weighted by Crippen LogP contribution is 2.43. The van der Waals surface area contributed by atoms with Crippen LogP contribution in [0.3, 0.4) is 0 Å². The number of aromatic nitrogens is 1. The maximum atomic E-state index is 12.1. The minimum absolute atomic E-state index is 0.0982. The van der Waals surface area contributed by atoms with Crippen LogP contribution < -0.4 is 9.47 Å². The number of hydrogen-bond donors (Lipinski definition) is 1. The molecular formula is C36H29NO4. The van der Waals surface area contributed by atoms with Crippen LogP contribution in [0.15, 0.2) is 121 Å². The number of phenols is 1. The van der Waals surface area contributed by atoms with Crippen LogP contribution in [0.5, 0.6) is 17.2 Å². The van der Waals surface area contributed by atoms with E-state index in [1.165, 1.54) is 6.07 Å².